The summed E-state index contributed by atoms with van der Waals surface area (Å²) < 4.78 is 0. The zero-order valence-electron chi connectivity index (χ0n) is 10.6. The summed E-state index contributed by atoms with van der Waals surface area (Å²) >= 11 is 0. The first kappa shape index (κ1) is 12.6. The van der Waals surface area contributed by atoms with Crippen molar-refractivity contribution in [3.05, 3.63) is 23.8 Å². The lowest BCUT2D eigenvalue weighted by molar-refractivity contribution is -0.123. The standard InChI is InChI=1S/C14H17NO3/c1-9(16)13-5-3-4-11-8-12(18)6-7-14(11)15(13)10(2)17/h6-8,13,18H,3-5H2,1-2H3. The topological polar surface area (TPSA) is 57.6 Å². The SMILES string of the molecule is CC(=O)C1CCCc2cc(O)ccc2N1C(C)=O. The molecule has 0 spiro atoms. The average molecular weight is 247 g/mol. The molecule has 96 valence electrons. The maximum absolute atomic E-state index is 11.8. The third-order valence-corrected chi connectivity index (χ3v) is 3.37. The summed E-state index contributed by atoms with van der Waals surface area (Å²) in [5.41, 5.74) is 1.67. The molecule has 1 aromatic carbocycles. The Hall–Kier alpha value is -1.84. The van der Waals surface area contributed by atoms with Crippen LogP contribution in [0.4, 0.5) is 5.69 Å². The highest BCUT2D eigenvalue weighted by Gasteiger charge is 2.30. The van der Waals surface area contributed by atoms with E-state index in [4.69, 9.17) is 0 Å². The van der Waals surface area contributed by atoms with E-state index in [9.17, 15) is 14.7 Å². The Morgan fingerprint density at radius 2 is 2.06 bits per heavy atom. The largest absolute Gasteiger partial charge is 0.508 e. The van der Waals surface area contributed by atoms with Crippen molar-refractivity contribution in [1.29, 1.82) is 0 Å². The molecule has 0 saturated carbocycles. The van der Waals surface area contributed by atoms with E-state index in [1.807, 2.05) is 0 Å². The molecule has 4 nitrogen and oxygen atoms in total. The highest BCUT2D eigenvalue weighted by Crippen LogP contribution is 2.32. The molecule has 1 aliphatic rings. The first-order valence-electron chi connectivity index (χ1n) is 6.13. The van der Waals surface area contributed by atoms with Crippen LogP contribution < -0.4 is 4.90 Å². The van der Waals surface area contributed by atoms with Crippen molar-refractivity contribution >= 4 is 17.4 Å². The van der Waals surface area contributed by atoms with Crippen LogP contribution in [0.1, 0.15) is 32.3 Å². The molecule has 1 unspecified atom stereocenters. The van der Waals surface area contributed by atoms with Crippen LogP contribution in [0, 0.1) is 0 Å². The van der Waals surface area contributed by atoms with E-state index < -0.39 is 0 Å². The summed E-state index contributed by atoms with van der Waals surface area (Å²) in [4.78, 5) is 25.1. The van der Waals surface area contributed by atoms with Gasteiger partial charge in [0.1, 0.15) is 5.75 Å². The second-order valence-corrected chi connectivity index (χ2v) is 4.72. The predicted molar refractivity (Wildman–Crippen MR) is 68.7 cm³/mol. The van der Waals surface area contributed by atoms with Crippen molar-refractivity contribution < 1.29 is 14.7 Å². The van der Waals surface area contributed by atoms with Crippen molar-refractivity contribution in [3.63, 3.8) is 0 Å². The number of hydrogen-bond donors (Lipinski definition) is 1. The number of carbonyl (C=O) groups excluding carboxylic acids is 2. The maximum Gasteiger partial charge on any atom is 0.224 e. The average Bonchev–Trinajstić information content (AvgIpc) is 2.47. The molecular formula is C14H17NO3. The molecule has 1 heterocycles. The number of hydrogen-bond acceptors (Lipinski definition) is 3. The summed E-state index contributed by atoms with van der Waals surface area (Å²) in [7, 11) is 0. The van der Waals surface area contributed by atoms with Gasteiger partial charge in [0.25, 0.3) is 0 Å². The molecular weight excluding hydrogens is 230 g/mol. The molecule has 0 radical (unpaired) electrons. The molecule has 0 bridgehead atoms. The van der Waals surface area contributed by atoms with Crippen molar-refractivity contribution in [2.75, 3.05) is 4.90 Å². The molecule has 0 fully saturated rings. The third kappa shape index (κ3) is 2.23. The molecule has 1 aliphatic heterocycles. The Balaban J connectivity index is 2.53. The Morgan fingerprint density at radius 1 is 1.33 bits per heavy atom. The molecule has 18 heavy (non-hydrogen) atoms. The van der Waals surface area contributed by atoms with Crippen LogP contribution in [0.3, 0.4) is 0 Å². The molecule has 1 aromatic rings. The normalized spacial score (nSPS) is 19.0. The number of phenolic OH excluding ortho intramolecular Hbond substituents is 1. The van der Waals surface area contributed by atoms with Crippen LogP contribution in [0.15, 0.2) is 18.2 Å². The number of aryl methyl sites for hydroxylation is 1. The molecule has 2 rings (SSSR count). The van der Waals surface area contributed by atoms with Gasteiger partial charge in [0.05, 0.1) is 6.04 Å². The van der Waals surface area contributed by atoms with Gasteiger partial charge < -0.3 is 10.0 Å². The van der Waals surface area contributed by atoms with E-state index in [1.165, 1.54) is 13.8 Å². The lowest BCUT2D eigenvalue weighted by Crippen LogP contribution is -2.43. The van der Waals surface area contributed by atoms with Crippen LogP contribution in [-0.4, -0.2) is 22.8 Å². The van der Waals surface area contributed by atoms with Gasteiger partial charge in [-0.2, -0.15) is 0 Å². The highest BCUT2D eigenvalue weighted by molar-refractivity contribution is 6.00. The number of nitrogens with zero attached hydrogens (tertiary/aromatic N) is 1. The molecule has 1 N–H and O–H groups in total. The summed E-state index contributed by atoms with van der Waals surface area (Å²) in [6.07, 6.45) is 2.28. The fourth-order valence-corrected chi connectivity index (χ4v) is 2.56. The Labute approximate surface area is 106 Å². The van der Waals surface area contributed by atoms with E-state index in [-0.39, 0.29) is 23.5 Å². The summed E-state index contributed by atoms with van der Waals surface area (Å²) in [6.45, 7) is 2.99. The monoisotopic (exact) mass is 247 g/mol. The Kier molecular flexibility index (Phi) is 3.36. The van der Waals surface area contributed by atoms with Crippen LogP contribution in [0.25, 0.3) is 0 Å². The molecule has 0 aromatic heterocycles. The fourth-order valence-electron chi connectivity index (χ4n) is 2.56. The first-order valence-corrected chi connectivity index (χ1v) is 6.13. The fraction of sp³-hybridized carbons (Fsp3) is 0.429. The summed E-state index contributed by atoms with van der Waals surface area (Å²) in [5.74, 6) is 0.0636. The summed E-state index contributed by atoms with van der Waals surface area (Å²) in [5, 5.41) is 9.51. The van der Waals surface area contributed by atoms with Gasteiger partial charge >= 0.3 is 0 Å². The summed E-state index contributed by atoms with van der Waals surface area (Å²) in [6, 6.07) is 4.56. The Bertz CT molecular complexity index is 496. The van der Waals surface area contributed by atoms with E-state index in [0.717, 1.165) is 24.1 Å². The van der Waals surface area contributed by atoms with Gasteiger partial charge in [-0.1, -0.05) is 0 Å². The smallest absolute Gasteiger partial charge is 0.224 e. The number of anilines is 1. The minimum absolute atomic E-state index is 0.00567. The van der Waals surface area contributed by atoms with E-state index in [0.29, 0.717) is 6.42 Å². The molecule has 0 aliphatic carbocycles. The Morgan fingerprint density at radius 3 is 2.67 bits per heavy atom. The quantitative estimate of drug-likeness (QED) is 0.826. The van der Waals surface area contributed by atoms with E-state index in [1.54, 1.807) is 23.1 Å². The molecule has 1 amide bonds. The van der Waals surface area contributed by atoms with Gasteiger partial charge in [-0.05, 0) is 49.9 Å². The first-order chi connectivity index (χ1) is 8.50. The van der Waals surface area contributed by atoms with Gasteiger partial charge in [0.2, 0.25) is 5.91 Å². The zero-order chi connectivity index (χ0) is 13.3. The van der Waals surface area contributed by atoms with Gasteiger partial charge in [-0.15, -0.1) is 0 Å². The van der Waals surface area contributed by atoms with Crippen molar-refractivity contribution in [2.45, 2.75) is 39.2 Å². The number of ketones is 1. The van der Waals surface area contributed by atoms with Crippen LogP contribution in [-0.2, 0) is 16.0 Å². The third-order valence-electron chi connectivity index (χ3n) is 3.37. The van der Waals surface area contributed by atoms with Crippen molar-refractivity contribution in [2.24, 2.45) is 0 Å². The minimum Gasteiger partial charge on any atom is -0.508 e. The van der Waals surface area contributed by atoms with Crippen LogP contribution >= 0.6 is 0 Å². The van der Waals surface area contributed by atoms with Gasteiger partial charge in [0.15, 0.2) is 5.78 Å². The zero-order valence-corrected chi connectivity index (χ0v) is 10.6. The lowest BCUT2D eigenvalue weighted by Gasteiger charge is -2.28. The number of aromatic hydroxyl groups is 1. The number of phenols is 1. The van der Waals surface area contributed by atoms with Gasteiger partial charge in [-0.3, -0.25) is 9.59 Å². The second kappa shape index (κ2) is 4.80. The maximum atomic E-state index is 11.8. The number of Topliss-reactive ketones (excluding diaryl/α,β-unsaturated/α-hetero) is 1. The van der Waals surface area contributed by atoms with E-state index in [2.05, 4.69) is 0 Å². The molecule has 0 saturated heterocycles. The number of fused-ring (bicyclic) bond motifs is 1. The van der Waals surface area contributed by atoms with E-state index >= 15 is 0 Å². The van der Waals surface area contributed by atoms with Crippen molar-refractivity contribution in [3.8, 4) is 5.75 Å². The molecule has 4 heteroatoms. The predicted octanol–water partition coefficient (Wildman–Crippen LogP) is 2.04. The number of carbonyl (C=O) groups is 2. The van der Waals surface area contributed by atoms with Crippen LogP contribution in [0.2, 0.25) is 0 Å². The number of rotatable bonds is 1. The van der Waals surface area contributed by atoms with Gasteiger partial charge in [0, 0.05) is 12.6 Å². The second-order valence-electron chi connectivity index (χ2n) is 4.72. The molecule has 1 atom stereocenters. The highest BCUT2D eigenvalue weighted by atomic mass is 16.3. The van der Waals surface area contributed by atoms with Crippen molar-refractivity contribution in [1.82, 2.24) is 0 Å². The minimum atomic E-state index is -0.381. The lowest BCUT2D eigenvalue weighted by atomic mass is 10.1. The number of benzene rings is 1. The van der Waals surface area contributed by atoms with Crippen LogP contribution in [0.5, 0.6) is 5.75 Å². The van der Waals surface area contributed by atoms with Gasteiger partial charge in [-0.25, -0.2) is 0 Å². The number of amides is 1.